The highest BCUT2D eigenvalue weighted by Crippen LogP contribution is 2.32. The number of amides is 3. The number of benzene rings is 3. The van der Waals surface area contributed by atoms with E-state index in [2.05, 4.69) is 17.3 Å². The number of ether oxygens (including phenoxy) is 3. The largest absolute Gasteiger partial charge is 0.495 e. The van der Waals surface area contributed by atoms with E-state index in [0.717, 1.165) is 51.0 Å². The van der Waals surface area contributed by atoms with E-state index < -0.39 is 0 Å². The Morgan fingerprint density at radius 2 is 1.58 bits per heavy atom. The second kappa shape index (κ2) is 18.1. The number of hydrogen-bond donors (Lipinski definition) is 2. The summed E-state index contributed by atoms with van der Waals surface area (Å²) in [6.07, 6.45) is 3.73. The third-order valence-corrected chi connectivity index (χ3v) is 8.36. The molecule has 4 rings (SSSR count). The lowest BCUT2D eigenvalue weighted by molar-refractivity contribution is -0.132. The standard InChI is InChI=1S/C37H49N5O6/c1-27-14-17-31(34(25-27)48-23-9-5-6-13-35(43)42-21-19-40(2)20-22-42)41(3)37(45)28-15-16-30(33(26-28)46-4)39-36(44)29-11-7-8-12-32(29)47-24-10-18-38/h7-8,11-12,14-17,25-26H,5-6,9-10,13,18-24,38H2,1-4H3,(H,39,44). The molecule has 11 heteroatoms. The van der Waals surface area contributed by atoms with Crippen molar-refractivity contribution in [2.24, 2.45) is 5.73 Å². The van der Waals surface area contributed by atoms with E-state index in [0.29, 0.717) is 72.4 Å². The van der Waals surface area contributed by atoms with Crippen LogP contribution in [0.5, 0.6) is 17.2 Å². The number of nitrogens with two attached hydrogens (primary N) is 1. The highest BCUT2D eigenvalue weighted by molar-refractivity contribution is 6.09. The number of carbonyl (C=O) groups is 3. The van der Waals surface area contributed by atoms with Gasteiger partial charge in [0.25, 0.3) is 11.8 Å². The fourth-order valence-corrected chi connectivity index (χ4v) is 5.43. The number of aryl methyl sites for hydroxylation is 1. The predicted molar refractivity (Wildman–Crippen MR) is 189 cm³/mol. The summed E-state index contributed by atoms with van der Waals surface area (Å²) in [5.41, 5.74) is 8.40. The zero-order chi connectivity index (χ0) is 34.5. The van der Waals surface area contributed by atoms with Gasteiger partial charge in [0, 0.05) is 45.2 Å². The molecule has 0 radical (unpaired) electrons. The van der Waals surface area contributed by atoms with Crippen LogP contribution in [0.3, 0.4) is 0 Å². The first-order valence-electron chi connectivity index (χ1n) is 16.6. The van der Waals surface area contributed by atoms with Crippen LogP contribution in [-0.2, 0) is 4.79 Å². The average Bonchev–Trinajstić information content (AvgIpc) is 3.09. The monoisotopic (exact) mass is 659 g/mol. The van der Waals surface area contributed by atoms with Gasteiger partial charge in [-0.3, -0.25) is 14.4 Å². The minimum absolute atomic E-state index is 0.228. The normalized spacial score (nSPS) is 13.1. The first-order chi connectivity index (χ1) is 23.2. The van der Waals surface area contributed by atoms with Crippen molar-refractivity contribution in [1.29, 1.82) is 0 Å². The summed E-state index contributed by atoms with van der Waals surface area (Å²) < 4.78 is 17.5. The molecule has 258 valence electrons. The maximum Gasteiger partial charge on any atom is 0.259 e. The molecule has 0 bridgehead atoms. The van der Waals surface area contributed by atoms with E-state index in [1.165, 1.54) is 7.11 Å². The van der Waals surface area contributed by atoms with Crippen molar-refractivity contribution >= 4 is 29.1 Å². The minimum atomic E-state index is -0.365. The summed E-state index contributed by atoms with van der Waals surface area (Å²) in [4.78, 5) is 45.1. The van der Waals surface area contributed by atoms with Gasteiger partial charge >= 0.3 is 0 Å². The highest BCUT2D eigenvalue weighted by Gasteiger charge is 2.21. The molecule has 0 aliphatic carbocycles. The molecule has 3 amide bonds. The zero-order valence-electron chi connectivity index (χ0n) is 28.6. The Balaban J connectivity index is 1.35. The Hall–Kier alpha value is -4.61. The molecule has 1 heterocycles. The Morgan fingerprint density at radius 1 is 0.854 bits per heavy atom. The number of piperazine rings is 1. The number of nitrogens with zero attached hydrogens (tertiary/aromatic N) is 3. The average molecular weight is 660 g/mol. The third-order valence-electron chi connectivity index (χ3n) is 8.36. The molecule has 0 atom stereocenters. The molecule has 1 saturated heterocycles. The third kappa shape index (κ3) is 9.95. The Kier molecular flexibility index (Phi) is 13.6. The number of likely N-dealkylation sites (N-methyl/N-ethyl adjacent to an activating group) is 1. The summed E-state index contributed by atoms with van der Waals surface area (Å²) in [6, 6.07) is 17.6. The SMILES string of the molecule is COc1cc(C(=O)N(C)c2ccc(C)cc2OCCCCCC(=O)N2CCN(C)CC2)ccc1NC(=O)c1ccccc1OCCCN. The molecule has 1 aliphatic heterocycles. The number of carbonyl (C=O) groups excluding carboxylic acids is 3. The lowest BCUT2D eigenvalue weighted by Crippen LogP contribution is -2.47. The molecule has 1 fully saturated rings. The van der Waals surface area contributed by atoms with Crippen LogP contribution < -0.4 is 30.2 Å². The molecule has 0 unspecified atom stereocenters. The number of para-hydroxylation sites is 1. The maximum absolute atomic E-state index is 13.7. The van der Waals surface area contributed by atoms with Crippen LogP contribution in [0, 0.1) is 6.92 Å². The quantitative estimate of drug-likeness (QED) is 0.207. The molecule has 48 heavy (non-hydrogen) atoms. The van der Waals surface area contributed by atoms with Gasteiger partial charge in [0.05, 0.1) is 37.3 Å². The summed E-state index contributed by atoms with van der Waals surface area (Å²) in [5.74, 6) is 1.02. The smallest absolute Gasteiger partial charge is 0.259 e. The predicted octanol–water partition coefficient (Wildman–Crippen LogP) is 4.97. The van der Waals surface area contributed by atoms with Gasteiger partial charge in [0.2, 0.25) is 5.91 Å². The molecule has 0 saturated carbocycles. The molecule has 3 aromatic rings. The first-order valence-corrected chi connectivity index (χ1v) is 16.6. The van der Waals surface area contributed by atoms with Gasteiger partial charge < -0.3 is 40.0 Å². The van der Waals surface area contributed by atoms with Crippen LogP contribution in [0.4, 0.5) is 11.4 Å². The molecule has 11 nitrogen and oxygen atoms in total. The van der Waals surface area contributed by atoms with Crippen LogP contribution in [0.15, 0.2) is 60.7 Å². The van der Waals surface area contributed by atoms with Gasteiger partial charge in [-0.1, -0.05) is 18.2 Å². The summed E-state index contributed by atoms with van der Waals surface area (Å²) in [5, 5.41) is 2.88. The Bertz CT molecular complexity index is 1540. The number of unbranched alkanes of at least 4 members (excludes halogenated alkanes) is 2. The Labute approximate surface area is 283 Å². The van der Waals surface area contributed by atoms with Crippen molar-refractivity contribution in [1.82, 2.24) is 9.80 Å². The molecule has 3 N–H and O–H groups in total. The van der Waals surface area contributed by atoms with E-state index in [4.69, 9.17) is 19.9 Å². The Morgan fingerprint density at radius 3 is 2.33 bits per heavy atom. The van der Waals surface area contributed by atoms with Gasteiger partial charge in [-0.25, -0.2) is 0 Å². The van der Waals surface area contributed by atoms with Crippen LogP contribution in [0.2, 0.25) is 0 Å². The van der Waals surface area contributed by atoms with Crippen LogP contribution in [0.1, 0.15) is 58.4 Å². The van der Waals surface area contributed by atoms with Crippen LogP contribution >= 0.6 is 0 Å². The summed E-state index contributed by atoms with van der Waals surface area (Å²) >= 11 is 0. The molecule has 0 aromatic heterocycles. The summed E-state index contributed by atoms with van der Waals surface area (Å²) in [7, 11) is 5.27. The van der Waals surface area contributed by atoms with Gasteiger partial charge in [0.15, 0.2) is 0 Å². The number of anilines is 2. The highest BCUT2D eigenvalue weighted by atomic mass is 16.5. The first kappa shape index (κ1) is 36.2. The molecule has 0 spiro atoms. The molecule has 1 aliphatic rings. The number of rotatable bonds is 16. The van der Waals surface area contributed by atoms with E-state index in [1.807, 2.05) is 30.0 Å². The molecule has 3 aromatic carbocycles. The molecular formula is C37H49N5O6. The van der Waals surface area contributed by atoms with Crippen molar-refractivity contribution in [3.05, 3.63) is 77.4 Å². The van der Waals surface area contributed by atoms with E-state index in [1.54, 1.807) is 54.4 Å². The van der Waals surface area contributed by atoms with E-state index in [-0.39, 0.29) is 17.7 Å². The van der Waals surface area contributed by atoms with Crippen molar-refractivity contribution < 1.29 is 28.6 Å². The summed E-state index contributed by atoms with van der Waals surface area (Å²) in [6.45, 7) is 6.80. The van der Waals surface area contributed by atoms with Gasteiger partial charge in [-0.2, -0.15) is 0 Å². The number of hydrogen-bond acceptors (Lipinski definition) is 8. The van der Waals surface area contributed by atoms with Gasteiger partial charge in [-0.05, 0) is 94.2 Å². The van der Waals surface area contributed by atoms with E-state index in [9.17, 15) is 14.4 Å². The van der Waals surface area contributed by atoms with Gasteiger partial charge in [0.1, 0.15) is 17.2 Å². The lowest BCUT2D eigenvalue weighted by atomic mass is 10.1. The topological polar surface area (TPSA) is 127 Å². The zero-order valence-corrected chi connectivity index (χ0v) is 28.6. The van der Waals surface area contributed by atoms with Crippen LogP contribution in [0.25, 0.3) is 0 Å². The van der Waals surface area contributed by atoms with E-state index >= 15 is 0 Å². The van der Waals surface area contributed by atoms with Crippen molar-refractivity contribution in [3.8, 4) is 17.2 Å². The number of nitrogens with one attached hydrogen (secondary N) is 1. The molecular weight excluding hydrogens is 610 g/mol. The fourth-order valence-electron chi connectivity index (χ4n) is 5.43. The second-order valence-corrected chi connectivity index (χ2v) is 12.0. The fraction of sp³-hybridized carbons (Fsp3) is 0.432. The van der Waals surface area contributed by atoms with Crippen molar-refractivity contribution in [3.63, 3.8) is 0 Å². The lowest BCUT2D eigenvalue weighted by Gasteiger charge is -2.32. The number of methoxy groups -OCH3 is 1. The second-order valence-electron chi connectivity index (χ2n) is 12.0. The minimum Gasteiger partial charge on any atom is -0.495 e. The maximum atomic E-state index is 13.7. The van der Waals surface area contributed by atoms with Gasteiger partial charge in [-0.15, -0.1) is 0 Å². The van der Waals surface area contributed by atoms with Crippen LogP contribution in [-0.4, -0.2) is 94.7 Å². The van der Waals surface area contributed by atoms with Crippen molar-refractivity contribution in [2.75, 3.05) is 77.4 Å². The van der Waals surface area contributed by atoms with Crippen molar-refractivity contribution in [2.45, 2.75) is 39.0 Å².